The molecule has 132 valence electrons. The van der Waals surface area contributed by atoms with Crippen LogP contribution < -0.4 is 4.74 Å². The van der Waals surface area contributed by atoms with E-state index in [9.17, 15) is 4.79 Å². The van der Waals surface area contributed by atoms with E-state index in [2.05, 4.69) is 0 Å². The minimum Gasteiger partial charge on any atom is -0.488 e. The van der Waals surface area contributed by atoms with Crippen molar-refractivity contribution in [2.45, 2.75) is 46.3 Å². The third-order valence-corrected chi connectivity index (χ3v) is 3.43. The predicted octanol–water partition coefficient (Wildman–Crippen LogP) is 5.18. The van der Waals surface area contributed by atoms with E-state index in [0.717, 1.165) is 22.4 Å². The summed E-state index contributed by atoms with van der Waals surface area (Å²) in [6.45, 7) is 8.06. The molecule has 3 nitrogen and oxygen atoms in total. The van der Waals surface area contributed by atoms with Crippen LogP contribution >= 0.6 is 0 Å². The van der Waals surface area contributed by atoms with Crippen LogP contribution in [0.3, 0.4) is 0 Å². The van der Waals surface area contributed by atoms with Gasteiger partial charge in [-0.2, -0.15) is 0 Å². The molecule has 0 atom stereocenters. The molecule has 0 amide bonds. The number of hydrogen-bond donors (Lipinski definition) is 0. The van der Waals surface area contributed by atoms with Crippen LogP contribution in [-0.2, 0) is 22.6 Å². The summed E-state index contributed by atoms with van der Waals surface area (Å²) in [5.74, 6) is 0.531. The molecule has 0 aliphatic rings. The monoisotopic (exact) mass is 338 g/mol. The summed E-state index contributed by atoms with van der Waals surface area (Å²) in [5, 5.41) is 0. The maximum Gasteiger partial charge on any atom is 0.310 e. The molecule has 0 fully saturated rings. The van der Waals surface area contributed by atoms with Gasteiger partial charge in [-0.3, -0.25) is 4.79 Å². The SMILES string of the molecule is CC=Cc1ccc(CC(=O)OC(C)(C)C)cc1OCc1ccccc1. The predicted molar refractivity (Wildman–Crippen MR) is 101 cm³/mol. The summed E-state index contributed by atoms with van der Waals surface area (Å²) in [5.41, 5.74) is 2.50. The molecule has 0 aliphatic heterocycles. The molecule has 0 bridgehead atoms. The standard InChI is InChI=1S/C22H26O3/c1-5-9-19-13-12-18(15-21(23)25-22(2,3)4)14-20(19)24-16-17-10-7-6-8-11-17/h5-14H,15-16H2,1-4H3. The van der Waals surface area contributed by atoms with Gasteiger partial charge in [0.05, 0.1) is 6.42 Å². The zero-order valence-corrected chi connectivity index (χ0v) is 15.4. The lowest BCUT2D eigenvalue weighted by Gasteiger charge is -2.19. The Morgan fingerprint density at radius 1 is 1.04 bits per heavy atom. The highest BCUT2D eigenvalue weighted by atomic mass is 16.6. The molecule has 0 saturated carbocycles. The number of carbonyl (C=O) groups excluding carboxylic acids is 1. The van der Waals surface area contributed by atoms with Gasteiger partial charge in [-0.05, 0) is 44.9 Å². The lowest BCUT2D eigenvalue weighted by molar-refractivity contribution is -0.153. The van der Waals surface area contributed by atoms with Crippen molar-refractivity contribution in [1.29, 1.82) is 0 Å². The quantitative estimate of drug-likeness (QED) is 0.681. The molecule has 25 heavy (non-hydrogen) atoms. The van der Waals surface area contributed by atoms with Gasteiger partial charge in [-0.25, -0.2) is 0 Å². The van der Waals surface area contributed by atoms with Gasteiger partial charge in [0.25, 0.3) is 0 Å². The molecule has 0 aliphatic carbocycles. The Balaban J connectivity index is 2.14. The van der Waals surface area contributed by atoms with Gasteiger partial charge in [0.1, 0.15) is 18.0 Å². The zero-order valence-electron chi connectivity index (χ0n) is 15.4. The molecule has 3 heteroatoms. The maximum atomic E-state index is 12.1. The van der Waals surface area contributed by atoms with Crippen LogP contribution in [0.2, 0.25) is 0 Å². The van der Waals surface area contributed by atoms with E-state index in [-0.39, 0.29) is 12.4 Å². The molecule has 2 aromatic carbocycles. The Bertz CT molecular complexity index is 725. The fourth-order valence-electron chi connectivity index (χ4n) is 2.41. The number of carbonyl (C=O) groups is 1. The van der Waals surface area contributed by atoms with Crippen LogP contribution in [0.25, 0.3) is 6.08 Å². The van der Waals surface area contributed by atoms with Crippen molar-refractivity contribution in [2.75, 3.05) is 0 Å². The summed E-state index contributed by atoms with van der Waals surface area (Å²) in [4.78, 5) is 12.1. The third-order valence-electron chi connectivity index (χ3n) is 3.43. The maximum absolute atomic E-state index is 12.1. The molecule has 0 N–H and O–H groups in total. The Morgan fingerprint density at radius 2 is 1.76 bits per heavy atom. The van der Waals surface area contributed by atoms with Crippen LogP contribution in [-0.4, -0.2) is 11.6 Å². The van der Waals surface area contributed by atoms with Gasteiger partial charge in [-0.1, -0.05) is 54.6 Å². The number of ether oxygens (including phenoxy) is 2. The highest BCUT2D eigenvalue weighted by molar-refractivity contribution is 5.73. The first-order chi connectivity index (χ1) is 11.9. The smallest absolute Gasteiger partial charge is 0.310 e. The minimum absolute atomic E-state index is 0.231. The Morgan fingerprint density at radius 3 is 2.40 bits per heavy atom. The highest BCUT2D eigenvalue weighted by Crippen LogP contribution is 2.24. The van der Waals surface area contributed by atoms with Crippen molar-refractivity contribution in [3.63, 3.8) is 0 Å². The Kier molecular flexibility index (Phi) is 6.40. The molecule has 2 rings (SSSR count). The average Bonchev–Trinajstić information content (AvgIpc) is 2.54. The first kappa shape index (κ1) is 18.8. The first-order valence-electron chi connectivity index (χ1n) is 8.51. The molecular weight excluding hydrogens is 312 g/mol. The molecule has 0 heterocycles. The van der Waals surface area contributed by atoms with E-state index >= 15 is 0 Å². The van der Waals surface area contributed by atoms with E-state index in [0.29, 0.717) is 6.61 Å². The van der Waals surface area contributed by atoms with Gasteiger partial charge in [-0.15, -0.1) is 0 Å². The second-order valence-corrected chi connectivity index (χ2v) is 6.91. The summed E-state index contributed by atoms with van der Waals surface area (Å²) in [6, 6.07) is 15.8. The number of rotatable bonds is 6. The zero-order chi connectivity index (χ0) is 18.3. The Labute approximate surface area is 150 Å². The second-order valence-electron chi connectivity index (χ2n) is 6.91. The van der Waals surface area contributed by atoms with Crippen molar-refractivity contribution < 1.29 is 14.3 Å². The van der Waals surface area contributed by atoms with Crippen molar-refractivity contribution in [1.82, 2.24) is 0 Å². The summed E-state index contributed by atoms with van der Waals surface area (Å²) in [6.07, 6.45) is 4.20. The van der Waals surface area contributed by atoms with E-state index in [1.54, 1.807) is 0 Å². The van der Waals surface area contributed by atoms with Crippen LogP contribution in [0.15, 0.2) is 54.6 Å². The van der Waals surface area contributed by atoms with E-state index in [4.69, 9.17) is 9.47 Å². The lowest BCUT2D eigenvalue weighted by atomic mass is 10.1. The third kappa shape index (κ3) is 6.46. The fourth-order valence-corrected chi connectivity index (χ4v) is 2.41. The van der Waals surface area contributed by atoms with Crippen LogP contribution in [0.4, 0.5) is 0 Å². The van der Waals surface area contributed by atoms with Crippen molar-refractivity contribution in [3.05, 3.63) is 71.3 Å². The van der Waals surface area contributed by atoms with Crippen LogP contribution in [0, 0.1) is 0 Å². The van der Waals surface area contributed by atoms with Gasteiger partial charge in [0.15, 0.2) is 0 Å². The van der Waals surface area contributed by atoms with Gasteiger partial charge >= 0.3 is 5.97 Å². The van der Waals surface area contributed by atoms with Crippen molar-refractivity contribution in [2.24, 2.45) is 0 Å². The number of esters is 1. The molecule has 0 saturated heterocycles. The van der Waals surface area contributed by atoms with E-state index in [1.165, 1.54) is 0 Å². The number of hydrogen-bond acceptors (Lipinski definition) is 3. The number of allylic oxidation sites excluding steroid dienone is 1. The first-order valence-corrected chi connectivity index (χ1v) is 8.51. The highest BCUT2D eigenvalue weighted by Gasteiger charge is 2.17. The molecule has 2 aromatic rings. The lowest BCUT2D eigenvalue weighted by Crippen LogP contribution is -2.24. The summed E-state index contributed by atoms with van der Waals surface area (Å²) >= 11 is 0. The second kappa shape index (κ2) is 8.52. The normalized spacial score (nSPS) is 11.5. The molecule has 0 aromatic heterocycles. The van der Waals surface area contributed by atoms with Crippen LogP contribution in [0.5, 0.6) is 5.75 Å². The average molecular weight is 338 g/mol. The Hall–Kier alpha value is -2.55. The van der Waals surface area contributed by atoms with Gasteiger partial charge < -0.3 is 9.47 Å². The van der Waals surface area contributed by atoms with E-state index < -0.39 is 5.60 Å². The summed E-state index contributed by atoms with van der Waals surface area (Å²) in [7, 11) is 0. The molecule has 0 radical (unpaired) electrons. The fraction of sp³-hybridized carbons (Fsp3) is 0.318. The molecular formula is C22H26O3. The van der Waals surface area contributed by atoms with Gasteiger partial charge in [0, 0.05) is 5.56 Å². The number of benzene rings is 2. The molecule has 0 unspecified atom stereocenters. The topological polar surface area (TPSA) is 35.5 Å². The van der Waals surface area contributed by atoms with Crippen molar-refractivity contribution >= 4 is 12.0 Å². The van der Waals surface area contributed by atoms with Crippen molar-refractivity contribution in [3.8, 4) is 5.75 Å². The minimum atomic E-state index is -0.478. The molecule has 0 spiro atoms. The van der Waals surface area contributed by atoms with Crippen LogP contribution in [0.1, 0.15) is 44.4 Å². The van der Waals surface area contributed by atoms with Gasteiger partial charge in [0.2, 0.25) is 0 Å². The van der Waals surface area contributed by atoms with E-state index in [1.807, 2.05) is 88.4 Å². The summed E-state index contributed by atoms with van der Waals surface area (Å²) < 4.78 is 11.4. The largest absolute Gasteiger partial charge is 0.488 e.